The molecule has 0 aromatic heterocycles. The van der Waals surface area contributed by atoms with Gasteiger partial charge in [0.15, 0.2) is 0 Å². The van der Waals surface area contributed by atoms with Gasteiger partial charge in [0.2, 0.25) is 0 Å². The van der Waals surface area contributed by atoms with Crippen molar-refractivity contribution in [2.75, 3.05) is 0 Å². The second kappa shape index (κ2) is 36.8. The summed E-state index contributed by atoms with van der Waals surface area (Å²) in [4.78, 5) is 51.4. The van der Waals surface area contributed by atoms with Gasteiger partial charge in [0.05, 0.1) is 11.1 Å². The Morgan fingerprint density at radius 1 is 0.325 bits per heavy atom. The molecule has 0 saturated heterocycles. The highest BCUT2D eigenvalue weighted by atomic mass is 16.5. The first kappa shape index (κ1) is 61.9. The van der Waals surface area contributed by atoms with Gasteiger partial charge in [-0.1, -0.05) is 228 Å². The Labute approximate surface area is 478 Å². The fraction of sp³-hybridized carbons (Fsp3) is 0.389. The van der Waals surface area contributed by atoms with Gasteiger partial charge < -0.3 is 18.9 Å². The van der Waals surface area contributed by atoms with Crippen molar-refractivity contribution in [3.05, 3.63) is 191 Å². The summed E-state index contributed by atoms with van der Waals surface area (Å²) in [6.07, 6.45) is 40.6. The number of rotatable bonds is 37. The zero-order valence-electron chi connectivity index (χ0n) is 47.8. The Kier molecular flexibility index (Phi) is 28.4. The minimum Gasteiger partial charge on any atom is -0.423 e. The van der Waals surface area contributed by atoms with Gasteiger partial charge in [-0.3, -0.25) is 0 Å². The molecule has 0 aliphatic heterocycles. The van der Waals surface area contributed by atoms with Crippen molar-refractivity contribution in [2.24, 2.45) is 0 Å². The van der Waals surface area contributed by atoms with Crippen LogP contribution in [0.5, 0.6) is 23.0 Å². The van der Waals surface area contributed by atoms with E-state index >= 15 is 0 Å². The molecule has 0 saturated carbocycles. The van der Waals surface area contributed by atoms with Crippen LogP contribution in [-0.4, -0.2) is 23.9 Å². The molecule has 0 aliphatic carbocycles. The third-order valence-electron chi connectivity index (χ3n) is 14.5. The van der Waals surface area contributed by atoms with Crippen LogP contribution in [0, 0.1) is 0 Å². The van der Waals surface area contributed by atoms with Crippen LogP contribution in [0.25, 0.3) is 23.3 Å². The fourth-order valence-corrected chi connectivity index (χ4v) is 9.66. The second-order valence-corrected chi connectivity index (χ2v) is 21.2. The lowest BCUT2D eigenvalue weighted by molar-refractivity contribution is -0.129. The number of hydrogen-bond acceptors (Lipinski definition) is 8. The van der Waals surface area contributed by atoms with Crippen LogP contribution < -0.4 is 18.9 Å². The molecule has 0 amide bonds. The minimum atomic E-state index is -0.566. The summed E-state index contributed by atoms with van der Waals surface area (Å²) in [5, 5.41) is 0. The number of hydrogen-bond donors (Lipinski definition) is 0. The van der Waals surface area contributed by atoms with Crippen LogP contribution in [-0.2, 0) is 22.4 Å². The van der Waals surface area contributed by atoms with Gasteiger partial charge in [0.1, 0.15) is 23.0 Å². The highest BCUT2D eigenvalue weighted by Crippen LogP contribution is 2.28. The zero-order chi connectivity index (χ0) is 56.2. The third-order valence-corrected chi connectivity index (χ3v) is 14.5. The second-order valence-electron chi connectivity index (χ2n) is 21.2. The lowest BCUT2D eigenvalue weighted by Crippen LogP contribution is -2.09. The summed E-state index contributed by atoms with van der Waals surface area (Å²) in [7, 11) is 0. The van der Waals surface area contributed by atoms with E-state index in [2.05, 4.69) is 38.1 Å². The van der Waals surface area contributed by atoms with Gasteiger partial charge in [0, 0.05) is 12.2 Å². The van der Waals surface area contributed by atoms with Crippen molar-refractivity contribution in [1.29, 1.82) is 0 Å². The maximum absolute atomic E-state index is 13.1. The molecule has 0 atom stereocenters. The molecule has 0 fully saturated rings. The number of carbonyl (C=O) groups is 4. The monoisotopic (exact) mass is 1080 g/mol. The Morgan fingerprint density at radius 3 is 1.05 bits per heavy atom. The largest absolute Gasteiger partial charge is 0.423 e. The normalized spacial score (nSPS) is 11.3. The molecule has 6 aromatic rings. The molecule has 6 rings (SSSR count). The summed E-state index contributed by atoms with van der Waals surface area (Å²) in [6, 6.07) is 43.1. The molecule has 0 bridgehead atoms. The molecule has 8 nitrogen and oxygen atoms in total. The first-order chi connectivity index (χ1) is 39.2. The number of carbonyl (C=O) groups excluding carboxylic acids is 4. The number of ether oxygens (including phenoxy) is 4. The molecule has 0 aliphatic rings. The van der Waals surface area contributed by atoms with Gasteiger partial charge >= 0.3 is 23.9 Å². The molecule has 80 heavy (non-hydrogen) atoms. The molecule has 0 heterocycles. The van der Waals surface area contributed by atoms with E-state index in [0.29, 0.717) is 34.1 Å². The third kappa shape index (κ3) is 24.4. The van der Waals surface area contributed by atoms with E-state index in [0.717, 1.165) is 35.1 Å². The van der Waals surface area contributed by atoms with Crippen molar-refractivity contribution >= 4 is 36.0 Å². The van der Waals surface area contributed by atoms with Crippen molar-refractivity contribution in [3.8, 4) is 34.1 Å². The predicted octanol–water partition coefficient (Wildman–Crippen LogP) is 19.5. The molecule has 422 valence electrons. The summed E-state index contributed by atoms with van der Waals surface area (Å²) in [5.41, 5.74) is 6.63. The van der Waals surface area contributed by atoms with Crippen LogP contribution in [0.4, 0.5) is 0 Å². The first-order valence-electron chi connectivity index (χ1n) is 30.1. The van der Waals surface area contributed by atoms with Gasteiger partial charge in [-0.2, -0.15) is 0 Å². The molecule has 0 unspecified atom stereocenters. The Bertz CT molecular complexity index is 2790. The van der Waals surface area contributed by atoms with E-state index in [1.54, 1.807) is 103 Å². The average Bonchev–Trinajstić information content (AvgIpc) is 3.48. The number of aryl methyl sites for hydroxylation is 2. The van der Waals surface area contributed by atoms with Crippen LogP contribution in [0.3, 0.4) is 0 Å². The van der Waals surface area contributed by atoms with Crippen LogP contribution in [0.15, 0.2) is 158 Å². The SMILES string of the molecule is CCCCCCCCCCCCCCc1ccc(/C=C/C(=O)Oc2ccc(C(=O)Oc3ccc(-c4cccc(OC(=O)c5ccc(OC(=O)/C=C/c6ccc(CCCCCCCCCCCCCC)cc6)cc5)c4)cc3)cc2)cc1. The Hall–Kier alpha value is -7.32. The van der Waals surface area contributed by atoms with E-state index in [-0.39, 0.29) is 0 Å². The number of unbranched alkanes of at least 4 members (excludes halogenated alkanes) is 22. The number of esters is 4. The summed E-state index contributed by atoms with van der Waals surface area (Å²) >= 11 is 0. The molecular formula is C72H86O8. The van der Waals surface area contributed by atoms with E-state index < -0.39 is 23.9 Å². The highest BCUT2D eigenvalue weighted by Gasteiger charge is 2.13. The molecule has 8 heteroatoms. The smallest absolute Gasteiger partial charge is 0.343 e. The fourth-order valence-electron chi connectivity index (χ4n) is 9.66. The summed E-state index contributed by atoms with van der Waals surface area (Å²) in [5.74, 6) is -0.866. The lowest BCUT2D eigenvalue weighted by atomic mass is 10.0. The average molecular weight is 1080 g/mol. The van der Waals surface area contributed by atoms with Crippen molar-refractivity contribution in [3.63, 3.8) is 0 Å². The Morgan fingerprint density at radius 2 is 0.662 bits per heavy atom. The predicted molar refractivity (Wildman–Crippen MR) is 326 cm³/mol. The Balaban J connectivity index is 0.846. The van der Waals surface area contributed by atoms with Crippen molar-refractivity contribution < 1.29 is 38.1 Å². The highest BCUT2D eigenvalue weighted by molar-refractivity contribution is 5.93. The quantitative estimate of drug-likeness (QED) is 0.0164. The molecule has 0 radical (unpaired) electrons. The van der Waals surface area contributed by atoms with Crippen LogP contribution in [0.2, 0.25) is 0 Å². The molecular weight excluding hydrogens is 993 g/mol. The van der Waals surface area contributed by atoms with Crippen molar-refractivity contribution in [1.82, 2.24) is 0 Å². The van der Waals surface area contributed by atoms with E-state index in [4.69, 9.17) is 18.9 Å². The van der Waals surface area contributed by atoms with Crippen molar-refractivity contribution in [2.45, 2.75) is 181 Å². The molecule has 6 aromatic carbocycles. The minimum absolute atomic E-state index is 0.292. The van der Waals surface area contributed by atoms with Gasteiger partial charge in [0.25, 0.3) is 0 Å². The summed E-state index contributed by atoms with van der Waals surface area (Å²) < 4.78 is 22.3. The van der Waals surface area contributed by atoms with Gasteiger partial charge in [-0.05, 0) is 144 Å². The first-order valence-corrected chi connectivity index (χ1v) is 30.1. The van der Waals surface area contributed by atoms with E-state index in [1.165, 1.54) is 177 Å². The van der Waals surface area contributed by atoms with Gasteiger partial charge in [-0.25, -0.2) is 19.2 Å². The van der Waals surface area contributed by atoms with Crippen LogP contribution in [0.1, 0.15) is 211 Å². The maximum Gasteiger partial charge on any atom is 0.343 e. The van der Waals surface area contributed by atoms with Crippen LogP contribution >= 0.6 is 0 Å². The molecule has 0 spiro atoms. The summed E-state index contributed by atoms with van der Waals surface area (Å²) in [6.45, 7) is 4.54. The van der Waals surface area contributed by atoms with E-state index in [1.807, 2.05) is 30.3 Å². The van der Waals surface area contributed by atoms with Gasteiger partial charge in [-0.15, -0.1) is 0 Å². The maximum atomic E-state index is 13.1. The standard InChI is InChI=1S/C72H86O8/c1-3-5-7-9-11-13-15-17-19-21-23-25-28-57-32-36-59(37-33-57)40-54-69(73)77-65-50-44-62(45-51-65)71(75)79-67-48-42-61(43-49-67)64-30-27-31-68(56-64)80-72(76)63-46-52-66(53-47-63)78-70(74)55-41-60-38-34-58(35-39-60)29-26-24-22-20-18-16-14-12-10-8-6-4-2/h27,30-56H,3-26,28-29H2,1-2H3/b54-40+,55-41+. The van der Waals surface area contributed by atoms with E-state index in [9.17, 15) is 19.2 Å². The topological polar surface area (TPSA) is 105 Å². The zero-order valence-corrected chi connectivity index (χ0v) is 47.8. The molecule has 0 N–H and O–H groups in total. The lowest BCUT2D eigenvalue weighted by Gasteiger charge is -2.09. The number of benzene rings is 6.